The minimum atomic E-state index is -0.172. The van der Waals surface area contributed by atoms with Crippen LogP contribution in [0.25, 0.3) is 0 Å². The SMILES string of the molecule is NC(=O)[C@H]1CCCN(CCn2cnnc2)C1. The maximum atomic E-state index is 11.1. The third-order valence-corrected chi connectivity index (χ3v) is 3.05. The lowest BCUT2D eigenvalue weighted by atomic mass is 9.97. The van der Waals surface area contributed by atoms with E-state index >= 15 is 0 Å². The Bertz CT molecular complexity index is 337. The molecule has 88 valence electrons. The second-order valence-corrected chi connectivity index (χ2v) is 4.24. The van der Waals surface area contributed by atoms with E-state index in [9.17, 15) is 4.79 Å². The smallest absolute Gasteiger partial charge is 0.221 e. The molecule has 1 fully saturated rings. The Balaban J connectivity index is 1.79. The first-order chi connectivity index (χ1) is 7.75. The van der Waals surface area contributed by atoms with Gasteiger partial charge in [-0.25, -0.2) is 0 Å². The van der Waals surface area contributed by atoms with Crippen molar-refractivity contribution < 1.29 is 4.79 Å². The van der Waals surface area contributed by atoms with E-state index in [1.54, 1.807) is 12.7 Å². The lowest BCUT2D eigenvalue weighted by Gasteiger charge is -2.30. The normalized spacial score (nSPS) is 22.1. The summed E-state index contributed by atoms with van der Waals surface area (Å²) in [6.07, 6.45) is 5.39. The summed E-state index contributed by atoms with van der Waals surface area (Å²) in [6.45, 7) is 3.61. The molecule has 1 amide bonds. The van der Waals surface area contributed by atoms with Gasteiger partial charge >= 0.3 is 0 Å². The minimum Gasteiger partial charge on any atom is -0.369 e. The molecule has 6 heteroatoms. The summed E-state index contributed by atoms with van der Waals surface area (Å²) in [5, 5.41) is 7.50. The summed E-state index contributed by atoms with van der Waals surface area (Å²) < 4.78 is 1.94. The molecular formula is C10H17N5O. The fraction of sp³-hybridized carbons (Fsp3) is 0.700. The van der Waals surface area contributed by atoms with E-state index in [4.69, 9.17) is 5.73 Å². The molecule has 2 rings (SSSR count). The summed E-state index contributed by atoms with van der Waals surface area (Å²) in [5.41, 5.74) is 5.33. The van der Waals surface area contributed by atoms with Crippen molar-refractivity contribution in [2.24, 2.45) is 11.7 Å². The van der Waals surface area contributed by atoms with Crippen LogP contribution >= 0.6 is 0 Å². The van der Waals surface area contributed by atoms with Crippen LogP contribution < -0.4 is 5.73 Å². The number of rotatable bonds is 4. The molecule has 1 saturated heterocycles. The largest absolute Gasteiger partial charge is 0.369 e. The van der Waals surface area contributed by atoms with Crippen molar-refractivity contribution in [1.29, 1.82) is 0 Å². The zero-order valence-electron chi connectivity index (χ0n) is 9.25. The predicted octanol–water partition coefficient (Wildman–Crippen LogP) is -0.525. The summed E-state index contributed by atoms with van der Waals surface area (Å²) in [4.78, 5) is 13.4. The first-order valence-electron chi connectivity index (χ1n) is 5.60. The van der Waals surface area contributed by atoms with Gasteiger partial charge in [-0.3, -0.25) is 4.79 Å². The average Bonchev–Trinajstić information content (AvgIpc) is 2.79. The quantitative estimate of drug-likeness (QED) is 0.744. The van der Waals surface area contributed by atoms with Crippen LogP contribution in [0.1, 0.15) is 12.8 Å². The van der Waals surface area contributed by atoms with Crippen LogP contribution in [0, 0.1) is 5.92 Å². The molecule has 0 radical (unpaired) electrons. The molecule has 1 aliphatic rings. The minimum absolute atomic E-state index is 0.0228. The second kappa shape index (κ2) is 5.07. The fourth-order valence-corrected chi connectivity index (χ4v) is 2.09. The van der Waals surface area contributed by atoms with Crippen molar-refractivity contribution in [2.75, 3.05) is 19.6 Å². The number of carbonyl (C=O) groups is 1. The Hall–Kier alpha value is -1.43. The maximum absolute atomic E-state index is 11.1. The van der Waals surface area contributed by atoms with Crippen molar-refractivity contribution in [3.8, 4) is 0 Å². The number of nitrogens with zero attached hydrogens (tertiary/aromatic N) is 4. The first kappa shape index (κ1) is 11.1. The second-order valence-electron chi connectivity index (χ2n) is 4.24. The van der Waals surface area contributed by atoms with Crippen LogP contribution in [0.3, 0.4) is 0 Å². The Morgan fingerprint density at radius 2 is 2.12 bits per heavy atom. The van der Waals surface area contributed by atoms with Gasteiger partial charge < -0.3 is 15.2 Å². The van der Waals surface area contributed by atoms with Gasteiger partial charge in [0.2, 0.25) is 5.91 Å². The number of hydrogen-bond donors (Lipinski definition) is 1. The molecule has 16 heavy (non-hydrogen) atoms. The number of likely N-dealkylation sites (tertiary alicyclic amines) is 1. The van der Waals surface area contributed by atoms with E-state index in [-0.39, 0.29) is 11.8 Å². The molecule has 1 atom stereocenters. The van der Waals surface area contributed by atoms with E-state index < -0.39 is 0 Å². The number of piperidine rings is 1. The number of amides is 1. The molecular weight excluding hydrogens is 206 g/mol. The van der Waals surface area contributed by atoms with E-state index in [0.717, 1.165) is 39.0 Å². The molecule has 6 nitrogen and oxygen atoms in total. The lowest BCUT2D eigenvalue weighted by molar-refractivity contribution is -0.123. The number of carbonyl (C=O) groups excluding carboxylic acids is 1. The van der Waals surface area contributed by atoms with Crippen molar-refractivity contribution in [1.82, 2.24) is 19.7 Å². The summed E-state index contributed by atoms with van der Waals surface area (Å²) in [5.74, 6) is -0.149. The van der Waals surface area contributed by atoms with Gasteiger partial charge in [0.1, 0.15) is 12.7 Å². The van der Waals surface area contributed by atoms with Crippen LogP contribution in [-0.2, 0) is 11.3 Å². The summed E-state index contributed by atoms with van der Waals surface area (Å²) in [6, 6.07) is 0. The molecule has 1 aromatic heterocycles. The highest BCUT2D eigenvalue weighted by atomic mass is 16.1. The zero-order valence-corrected chi connectivity index (χ0v) is 9.25. The average molecular weight is 223 g/mol. The molecule has 1 aliphatic heterocycles. The van der Waals surface area contributed by atoms with E-state index in [1.807, 2.05) is 4.57 Å². The number of nitrogens with two attached hydrogens (primary N) is 1. The molecule has 0 saturated carbocycles. The van der Waals surface area contributed by atoms with Gasteiger partial charge in [0.05, 0.1) is 5.92 Å². The predicted molar refractivity (Wildman–Crippen MR) is 58.4 cm³/mol. The summed E-state index contributed by atoms with van der Waals surface area (Å²) >= 11 is 0. The Kier molecular flexibility index (Phi) is 3.51. The molecule has 2 N–H and O–H groups in total. The monoisotopic (exact) mass is 223 g/mol. The lowest BCUT2D eigenvalue weighted by Crippen LogP contribution is -2.42. The van der Waals surface area contributed by atoms with Crippen LogP contribution in [-0.4, -0.2) is 45.2 Å². The van der Waals surface area contributed by atoms with Gasteiger partial charge in [0.25, 0.3) is 0 Å². The maximum Gasteiger partial charge on any atom is 0.221 e. The highest BCUT2D eigenvalue weighted by Gasteiger charge is 2.23. The van der Waals surface area contributed by atoms with E-state index in [2.05, 4.69) is 15.1 Å². The van der Waals surface area contributed by atoms with Gasteiger partial charge in [-0.2, -0.15) is 0 Å². The van der Waals surface area contributed by atoms with E-state index in [1.165, 1.54) is 0 Å². The molecule has 1 aromatic rings. The highest BCUT2D eigenvalue weighted by molar-refractivity contribution is 5.76. The van der Waals surface area contributed by atoms with Gasteiger partial charge in [-0.1, -0.05) is 0 Å². The van der Waals surface area contributed by atoms with Crippen LogP contribution in [0.15, 0.2) is 12.7 Å². The molecule has 2 heterocycles. The van der Waals surface area contributed by atoms with Crippen LogP contribution in [0.4, 0.5) is 0 Å². The fourth-order valence-electron chi connectivity index (χ4n) is 2.09. The topological polar surface area (TPSA) is 77.0 Å². The Labute approximate surface area is 94.4 Å². The third kappa shape index (κ3) is 2.79. The number of primary amides is 1. The third-order valence-electron chi connectivity index (χ3n) is 3.05. The van der Waals surface area contributed by atoms with Crippen molar-refractivity contribution in [3.05, 3.63) is 12.7 Å². The number of hydrogen-bond acceptors (Lipinski definition) is 4. The standard InChI is InChI=1S/C10H17N5O/c11-10(16)9-2-1-3-14(6-9)4-5-15-7-12-13-8-15/h7-9H,1-6H2,(H2,11,16)/t9-/m0/s1. The Morgan fingerprint density at radius 1 is 1.38 bits per heavy atom. The van der Waals surface area contributed by atoms with Crippen molar-refractivity contribution in [3.63, 3.8) is 0 Å². The van der Waals surface area contributed by atoms with Gasteiger partial charge in [-0.05, 0) is 19.4 Å². The molecule has 0 aromatic carbocycles. The van der Waals surface area contributed by atoms with Crippen molar-refractivity contribution >= 4 is 5.91 Å². The number of aromatic nitrogens is 3. The first-order valence-corrected chi connectivity index (χ1v) is 5.60. The Morgan fingerprint density at radius 3 is 2.81 bits per heavy atom. The molecule has 0 bridgehead atoms. The van der Waals surface area contributed by atoms with Crippen LogP contribution in [0.5, 0.6) is 0 Å². The van der Waals surface area contributed by atoms with Gasteiger partial charge in [-0.15, -0.1) is 10.2 Å². The van der Waals surface area contributed by atoms with E-state index in [0.29, 0.717) is 0 Å². The molecule has 0 aliphatic carbocycles. The molecule has 0 unspecified atom stereocenters. The highest BCUT2D eigenvalue weighted by Crippen LogP contribution is 2.15. The van der Waals surface area contributed by atoms with Crippen LogP contribution in [0.2, 0.25) is 0 Å². The molecule has 0 spiro atoms. The van der Waals surface area contributed by atoms with Crippen molar-refractivity contribution in [2.45, 2.75) is 19.4 Å². The van der Waals surface area contributed by atoms with Gasteiger partial charge in [0.15, 0.2) is 0 Å². The summed E-state index contributed by atoms with van der Waals surface area (Å²) in [7, 11) is 0. The van der Waals surface area contributed by atoms with Gasteiger partial charge in [0, 0.05) is 19.6 Å². The zero-order chi connectivity index (χ0) is 11.4.